The van der Waals surface area contributed by atoms with Crippen LogP contribution in [0, 0.1) is 0 Å². The molecule has 1 saturated heterocycles. The fraction of sp³-hybridized carbons (Fsp3) is 0.609. The molecule has 0 radical (unpaired) electrons. The zero-order valence-electron chi connectivity index (χ0n) is 18.5. The van der Waals surface area contributed by atoms with Crippen LogP contribution in [0.5, 0.6) is 0 Å². The number of likely N-dealkylation sites (N-methyl/N-ethyl adjacent to an activating group) is 1. The molecule has 1 aromatic carbocycles. The molecular weight excluding hydrogens is 414 g/mol. The summed E-state index contributed by atoms with van der Waals surface area (Å²) in [5.41, 5.74) is 0.888. The zero-order valence-corrected chi connectivity index (χ0v) is 19.2. The summed E-state index contributed by atoms with van der Waals surface area (Å²) >= 11 is 5.94. The van der Waals surface area contributed by atoms with Crippen molar-refractivity contribution in [2.75, 3.05) is 33.2 Å². The second-order valence-electron chi connectivity index (χ2n) is 8.75. The van der Waals surface area contributed by atoms with Crippen LogP contribution in [0.4, 0.5) is 0 Å². The van der Waals surface area contributed by atoms with Crippen LogP contribution in [0.3, 0.4) is 0 Å². The van der Waals surface area contributed by atoms with Crippen LogP contribution in [0.15, 0.2) is 28.8 Å². The molecule has 0 N–H and O–H groups in total. The monoisotopic (exact) mass is 445 g/mol. The van der Waals surface area contributed by atoms with Crippen molar-refractivity contribution in [1.29, 1.82) is 0 Å². The third kappa shape index (κ3) is 5.45. The van der Waals surface area contributed by atoms with Crippen molar-refractivity contribution in [2.45, 2.75) is 57.7 Å². The summed E-state index contributed by atoms with van der Waals surface area (Å²) in [6, 6.07) is 7.75. The number of carbonyl (C=O) groups excluding carboxylic acids is 1. The Balaban J connectivity index is 1.26. The van der Waals surface area contributed by atoms with Gasteiger partial charge in [0.2, 0.25) is 17.6 Å². The van der Waals surface area contributed by atoms with Crippen molar-refractivity contribution in [3.63, 3.8) is 0 Å². The first kappa shape index (κ1) is 22.2. The van der Waals surface area contributed by atoms with Gasteiger partial charge >= 0.3 is 0 Å². The van der Waals surface area contributed by atoms with Crippen LogP contribution in [-0.2, 0) is 11.3 Å². The van der Waals surface area contributed by atoms with Gasteiger partial charge in [-0.25, -0.2) is 0 Å². The first-order valence-corrected chi connectivity index (χ1v) is 11.7. The number of amides is 1. The molecule has 7 nitrogen and oxygen atoms in total. The molecule has 31 heavy (non-hydrogen) atoms. The molecule has 1 unspecified atom stereocenters. The molecule has 2 aromatic rings. The molecule has 1 aliphatic carbocycles. The maximum Gasteiger partial charge on any atom is 0.241 e. The third-order valence-corrected chi connectivity index (χ3v) is 6.96. The van der Waals surface area contributed by atoms with Crippen molar-refractivity contribution in [3.8, 4) is 11.4 Å². The number of carbonyl (C=O) groups is 1. The van der Waals surface area contributed by atoms with Gasteiger partial charge in [-0.3, -0.25) is 14.6 Å². The third-order valence-electron chi connectivity index (χ3n) is 6.71. The van der Waals surface area contributed by atoms with E-state index in [0.717, 1.165) is 44.6 Å². The molecule has 1 amide bonds. The molecule has 168 valence electrons. The Bertz CT molecular complexity index is 857. The molecule has 8 heteroatoms. The van der Waals surface area contributed by atoms with Gasteiger partial charge < -0.3 is 9.42 Å². The number of hydrogen-bond acceptors (Lipinski definition) is 6. The highest BCUT2D eigenvalue weighted by Crippen LogP contribution is 2.23. The number of halogens is 1. The van der Waals surface area contributed by atoms with Crippen LogP contribution < -0.4 is 0 Å². The van der Waals surface area contributed by atoms with E-state index < -0.39 is 0 Å². The molecule has 0 bridgehead atoms. The van der Waals surface area contributed by atoms with Gasteiger partial charge in [-0.2, -0.15) is 4.98 Å². The number of nitrogens with zero attached hydrogens (tertiary/aromatic N) is 5. The van der Waals surface area contributed by atoms with Gasteiger partial charge in [0.15, 0.2) is 0 Å². The quantitative estimate of drug-likeness (QED) is 0.675. The van der Waals surface area contributed by atoms with Crippen LogP contribution >= 0.6 is 11.6 Å². The number of piperazine rings is 1. The van der Waals surface area contributed by atoms with Gasteiger partial charge in [0.05, 0.1) is 12.6 Å². The lowest BCUT2D eigenvalue weighted by Gasteiger charge is -2.40. The normalized spacial score (nSPS) is 20.0. The predicted octanol–water partition coefficient (Wildman–Crippen LogP) is 3.69. The molecule has 2 fully saturated rings. The van der Waals surface area contributed by atoms with Crippen molar-refractivity contribution >= 4 is 17.5 Å². The summed E-state index contributed by atoms with van der Waals surface area (Å²) in [7, 11) is 1.99. The molecular formula is C23H32ClN5O2. The molecule has 0 spiro atoms. The highest BCUT2D eigenvalue weighted by atomic mass is 35.5. The molecule has 4 rings (SSSR count). The summed E-state index contributed by atoms with van der Waals surface area (Å²) < 4.78 is 5.45. The Hall–Kier alpha value is -1.96. The van der Waals surface area contributed by atoms with E-state index in [1.165, 1.54) is 19.3 Å². The number of aromatic nitrogens is 2. The smallest absolute Gasteiger partial charge is 0.241 e. The summed E-state index contributed by atoms with van der Waals surface area (Å²) in [6.45, 7) is 6.16. The molecule has 1 saturated carbocycles. The minimum atomic E-state index is -0.0750. The minimum absolute atomic E-state index is 0.0750. The lowest BCUT2D eigenvalue weighted by molar-refractivity contribution is -0.138. The second kappa shape index (κ2) is 10.1. The maximum atomic E-state index is 13.0. The predicted molar refractivity (Wildman–Crippen MR) is 121 cm³/mol. The Morgan fingerprint density at radius 2 is 1.84 bits per heavy atom. The van der Waals surface area contributed by atoms with E-state index in [9.17, 15) is 4.79 Å². The van der Waals surface area contributed by atoms with Gasteiger partial charge in [-0.05, 0) is 44.0 Å². The topological polar surface area (TPSA) is 65.7 Å². The SMILES string of the molecule is CC(C(=O)N(C)C1CCCCC1)N1CCN(Cc2nc(-c3ccc(Cl)cc3)no2)CC1. The summed E-state index contributed by atoms with van der Waals surface area (Å²) in [5.74, 6) is 1.44. The zero-order chi connectivity index (χ0) is 21.8. The van der Waals surface area contributed by atoms with Gasteiger partial charge in [0, 0.05) is 49.9 Å². The van der Waals surface area contributed by atoms with Gasteiger partial charge in [-0.15, -0.1) is 0 Å². The van der Waals surface area contributed by atoms with Crippen molar-refractivity contribution in [1.82, 2.24) is 24.8 Å². The molecule has 1 atom stereocenters. The van der Waals surface area contributed by atoms with Crippen LogP contribution in [0.25, 0.3) is 11.4 Å². The number of hydrogen-bond donors (Lipinski definition) is 0. The van der Waals surface area contributed by atoms with Crippen molar-refractivity contribution in [2.24, 2.45) is 0 Å². The maximum absolute atomic E-state index is 13.0. The second-order valence-corrected chi connectivity index (χ2v) is 9.18. The van der Waals surface area contributed by atoms with E-state index >= 15 is 0 Å². The van der Waals surface area contributed by atoms with E-state index in [1.807, 2.05) is 43.1 Å². The Morgan fingerprint density at radius 3 is 2.52 bits per heavy atom. The highest BCUT2D eigenvalue weighted by Gasteiger charge is 2.31. The Labute approximate surface area is 189 Å². The van der Waals surface area contributed by atoms with Gasteiger partial charge in [0.25, 0.3) is 0 Å². The van der Waals surface area contributed by atoms with Crippen molar-refractivity contribution < 1.29 is 9.32 Å². The van der Waals surface area contributed by atoms with E-state index in [0.29, 0.717) is 29.3 Å². The average molecular weight is 446 g/mol. The Morgan fingerprint density at radius 1 is 1.16 bits per heavy atom. The van der Waals surface area contributed by atoms with E-state index in [1.54, 1.807) is 0 Å². The lowest BCUT2D eigenvalue weighted by atomic mass is 9.94. The fourth-order valence-electron chi connectivity index (χ4n) is 4.63. The van der Waals surface area contributed by atoms with Crippen molar-refractivity contribution in [3.05, 3.63) is 35.2 Å². The molecule has 2 aliphatic rings. The number of benzene rings is 1. The molecule has 1 aliphatic heterocycles. The van der Waals surface area contributed by atoms with Gasteiger partial charge in [-0.1, -0.05) is 36.0 Å². The highest BCUT2D eigenvalue weighted by molar-refractivity contribution is 6.30. The molecule has 2 heterocycles. The van der Waals surface area contributed by atoms with E-state index in [2.05, 4.69) is 19.9 Å². The first-order valence-electron chi connectivity index (χ1n) is 11.3. The summed E-state index contributed by atoms with van der Waals surface area (Å²) in [5, 5.41) is 4.78. The first-order chi connectivity index (χ1) is 15.0. The number of rotatable bonds is 6. The van der Waals surface area contributed by atoms with E-state index in [-0.39, 0.29) is 11.9 Å². The lowest BCUT2D eigenvalue weighted by Crippen LogP contribution is -2.55. The minimum Gasteiger partial charge on any atom is -0.341 e. The summed E-state index contributed by atoms with van der Waals surface area (Å²) in [6.07, 6.45) is 6.07. The largest absolute Gasteiger partial charge is 0.341 e. The average Bonchev–Trinajstić information content (AvgIpc) is 3.27. The summed E-state index contributed by atoms with van der Waals surface area (Å²) in [4.78, 5) is 24.1. The van der Waals surface area contributed by atoms with Crippen LogP contribution in [0.1, 0.15) is 44.9 Å². The fourth-order valence-corrected chi connectivity index (χ4v) is 4.76. The molecule has 1 aromatic heterocycles. The van der Waals surface area contributed by atoms with Crippen LogP contribution in [-0.4, -0.2) is 76.1 Å². The van der Waals surface area contributed by atoms with Crippen LogP contribution in [0.2, 0.25) is 5.02 Å². The van der Waals surface area contributed by atoms with Gasteiger partial charge in [0.1, 0.15) is 0 Å². The standard InChI is InChI=1S/C23H32ClN5O2/c1-17(23(30)27(2)20-6-4-3-5-7-20)29-14-12-28(13-15-29)16-21-25-22(26-31-21)18-8-10-19(24)11-9-18/h8-11,17,20H,3-7,12-16H2,1-2H3. The Kier molecular flexibility index (Phi) is 7.25. The van der Waals surface area contributed by atoms with E-state index in [4.69, 9.17) is 16.1 Å².